The maximum absolute atomic E-state index is 13.6. The minimum Gasteiger partial charge on any atom is -0.343 e. The predicted molar refractivity (Wildman–Crippen MR) is 151 cm³/mol. The van der Waals surface area contributed by atoms with Crippen LogP contribution in [0.2, 0.25) is 0 Å². The van der Waals surface area contributed by atoms with Crippen LogP contribution in [0.5, 0.6) is 0 Å². The van der Waals surface area contributed by atoms with E-state index in [-0.39, 0.29) is 23.6 Å². The first-order chi connectivity index (χ1) is 18.8. The molecule has 0 aliphatic carbocycles. The molecule has 8 heteroatoms. The smallest absolute Gasteiger partial charge is 0.255 e. The number of aromatic nitrogens is 1. The third kappa shape index (κ3) is 6.01. The standard InChI is InChI=1S/C31H41N5O3/c1-22-10-13-32-23(2)29(22)31(39)35-20-26-18-33(19-27(26)21-35)14-7-15-36(28-8-5-4-6-9-28)30(38)25-11-16-34(17-12-25)24(3)37/h4-6,8-10,13,25-27H,7,11-12,14-21H2,1-3H3. The minimum absolute atomic E-state index is 0.0393. The molecule has 0 N–H and O–H groups in total. The molecule has 8 nitrogen and oxygen atoms in total. The number of likely N-dealkylation sites (tertiary alicyclic amines) is 3. The van der Waals surface area contributed by atoms with Gasteiger partial charge in [-0.2, -0.15) is 0 Å². The van der Waals surface area contributed by atoms with Gasteiger partial charge in [0, 0.05) is 70.5 Å². The van der Waals surface area contributed by atoms with Crippen LogP contribution in [0.3, 0.4) is 0 Å². The Morgan fingerprint density at radius 2 is 1.59 bits per heavy atom. The van der Waals surface area contributed by atoms with Crippen molar-refractivity contribution in [2.75, 3.05) is 57.3 Å². The van der Waals surface area contributed by atoms with E-state index in [0.717, 1.165) is 74.5 Å². The molecule has 0 spiro atoms. The van der Waals surface area contributed by atoms with Crippen molar-refractivity contribution in [1.29, 1.82) is 0 Å². The number of piperidine rings is 1. The van der Waals surface area contributed by atoms with Crippen LogP contribution in [0.4, 0.5) is 5.69 Å². The summed E-state index contributed by atoms with van der Waals surface area (Å²) >= 11 is 0. The van der Waals surface area contributed by atoms with Gasteiger partial charge in [-0.25, -0.2) is 0 Å². The number of benzene rings is 1. The normalized spacial score (nSPS) is 21.7. The number of anilines is 1. The van der Waals surface area contributed by atoms with Gasteiger partial charge in [-0.1, -0.05) is 18.2 Å². The molecule has 3 aliphatic rings. The predicted octanol–water partition coefficient (Wildman–Crippen LogP) is 3.38. The number of carbonyl (C=O) groups is 3. The zero-order valence-corrected chi connectivity index (χ0v) is 23.5. The van der Waals surface area contributed by atoms with Crippen LogP contribution < -0.4 is 4.90 Å². The lowest BCUT2D eigenvalue weighted by Gasteiger charge is -2.34. The first kappa shape index (κ1) is 27.3. The maximum atomic E-state index is 13.6. The Balaban J connectivity index is 1.14. The Hall–Kier alpha value is -3.26. The molecule has 39 heavy (non-hydrogen) atoms. The Kier molecular flexibility index (Phi) is 8.31. The summed E-state index contributed by atoms with van der Waals surface area (Å²) in [6, 6.07) is 11.9. The third-order valence-electron chi connectivity index (χ3n) is 8.89. The summed E-state index contributed by atoms with van der Waals surface area (Å²) in [5.41, 5.74) is 3.51. The van der Waals surface area contributed by atoms with Gasteiger partial charge >= 0.3 is 0 Å². The summed E-state index contributed by atoms with van der Waals surface area (Å²) in [7, 11) is 0. The number of nitrogens with zero attached hydrogens (tertiary/aromatic N) is 5. The molecule has 208 valence electrons. The highest BCUT2D eigenvalue weighted by Gasteiger charge is 2.42. The first-order valence-electron chi connectivity index (χ1n) is 14.4. The minimum atomic E-state index is -0.0393. The van der Waals surface area contributed by atoms with Gasteiger partial charge in [0.1, 0.15) is 0 Å². The van der Waals surface area contributed by atoms with E-state index in [0.29, 0.717) is 31.5 Å². The molecular formula is C31H41N5O3. The first-order valence-corrected chi connectivity index (χ1v) is 14.4. The van der Waals surface area contributed by atoms with E-state index >= 15 is 0 Å². The highest BCUT2D eigenvalue weighted by Crippen LogP contribution is 2.33. The van der Waals surface area contributed by atoms with Crippen molar-refractivity contribution < 1.29 is 14.4 Å². The molecule has 5 rings (SSSR count). The van der Waals surface area contributed by atoms with Crippen LogP contribution in [0.25, 0.3) is 0 Å². The number of fused-ring (bicyclic) bond motifs is 1. The van der Waals surface area contributed by atoms with E-state index in [1.807, 2.05) is 64.9 Å². The van der Waals surface area contributed by atoms with Crippen LogP contribution in [0.15, 0.2) is 42.6 Å². The molecule has 2 atom stereocenters. The average molecular weight is 532 g/mol. The largest absolute Gasteiger partial charge is 0.343 e. The van der Waals surface area contributed by atoms with E-state index < -0.39 is 0 Å². The number of hydrogen-bond donors (Lipinski definition) is 0. The van der Waals surface area contributed by atoms with Crippen LogP contribution in [0.1, 0.15) is 47.8 Å². The number of amides is 3. The van der Waals surface area contributed by atoms with Crippen LogP contribution >= 0.6 is 0 Å². The Bertz CT molecular complexity index is 1160. The third-order valence-corrected chi connectivity index (χ3v) is 8.89. The van der Waals surface area contributed by atoms with Crippen molar-refractivity contribution >= 4 is 23.4 Å². The summed E-state index contributed by atoms with van der Waals surface area (Å²) in [4.78, 5) is 51.2. The summed E-state index contributed by atoms with van der Waals surface area (Å²) < 4.78 is 0. The van der Waals surface area contributed by atoms with Crippen molar-refractivity contribution in [2.24, 2.45) is 17.8 Å². The van der Waals surface area contributed by atoms with E-state index in [4.69, 9.17) is 0 Å². The van der Waals surface area contributed by atoms with Crippen LogP contribution in [-0.2, 0) is 9.59 Å². The Labute approximate surface area is 232 Å². The second-order valence-electron chi connectivity index (χ2n) is 11.5. The van der Waals surface area contributed by atoms with E-state index in [1.165, 1.54) is 0 Å². The Morgan fingerprint density at radius 3 is 2.21 bits per heavy atom. The molecule has 3 saturated heterocycles. The van der Waals surface area contributed by atoms with Crippen molar-refractivity contribution in [2.45, 2.75) is 40.0 Å². The second kappa shape index (κ2) is 11.9. The van der Waals surface area contributed by atoms with Gasteiger partial charge in [-0.05, 0) is 75.3 Å². The highest BCUT2D eigenvalue weighted by atomic mass is 16.2. The molecule has 3 amide bonds. The second-order valence-corrected chi connectivity index (χ2v) is 11.5. The van der Waals surface area contributed by atoms with Crippen molar-refractivity contribution in [3.63, 3.8) is 0 Å². The van der Waals surface area contributed by atoms with E-state index in [2.05, 4.69) is 9.88 Å². The van der Waals surface area contributed by atoms with E-state index in [9.17, 15) is 14.4 Å². The van der Waals surface area contributed by atoms with Gasteiger partial charge in [0.2, 0.25) is 11.8 Å². The molecule has 4 heterocycles. The van der Waals surface area contributed by atoms with Gasteiger partial charge < -0.3 is 19.6 Å². The fraction of sp³-hybridized carbons (Fsp3) is 0.548. The average Bonchev–Trinajstić information content (AvgIpc) is 3.50. The molecule has 2 aromatic rings. The van der Waals surface area contributed by atoms with Gasteiger partial charge in [0.05, 0.1) is 11.3 Å². The number of hydrogen-bond acceptors (Lipinski definition) is 5. The Morgan fingerprint density at radius 1 is 0.923 bits per heavy atom. The number of carbonyl (C=O) groups excluding carboxylic acids is 3. The van der Waals surface area contributed by atoms with Gasteiger partial charge in [-0.15, -0.1) is 0 Å². The zero-order chi connectivity index (χ0) is 27.5. The van der Waals surface area contributed by atoms with Crippen molar-refractivity contribution in [1.82, 2.24) is 19.7 Å². The highest BCUT2D eigenvalue weighted by molar-refractivity contribution is 5.97. The van der Waals surface area contributed by atoms with Crippen molar-refractivity contribution in [3.05, 3.63) is 59.4 Å². The number of rotatable bonds is 7. The fourth-order valence-corrected chi connectivity index (χ4v) is 6.70. The number of para-hydroxylation sites is 1. The van der Waals surface area contributed by atoms with E-state index in [1.54, 1.807) is 13.1 Å². The number of aryl methyl sites for hydroxylation is 2. The van der Waals surface area contributed by atoms with Crippen LogP contribution in [-0.4, -0.2) is 89.8 Å². The molecule has 0 radical (unpaired) electrons. The molecule has 3 aliphatic heterocycles. The summed E-state index contributed by atoms with van der Waals surface area (Å²) in [5.74, 6) is 1.35. The molecule has 0 saturated carbocycles. The molecule has 1 aromatic heterocycles. The maximum Gasteiger partial charge on any atom is 0.255 e. The molecular weight excluding hydrogens is 490 g/mol. The van der Waals surface area contributed by atoms with Gasteiger partial charge in [0.25, 0.3) is 5.91 Å². The summed E-state index contributed by atoms with van der Waals surface area (Å²) in [5, 5.41) is 0. The summed E-state index contributed by atoms with van der Waals surface area (Å²) in [6.07, 6.45) is 4.12. The number of pyridine rings is 1. The van der Waals surface area contributed by atoms with Crippen molar-refractivity contribution in [3.8, 4) is 0 Å². The fourth-order valence-electron chi connectivity index (χ4n) is 6.70. The molecule has 2 unspecified atom stereocenters. The quantitative estimate of drug-likeness (QED) is 0.548. The molecule has 3 fully saturated rings. The lowest BCUT2D eigenvalue weighted by Crippen LogP contribution is -2.44. The lowest BCUT2D eigenvalue weighted by atomic mass is 9.95. The van der Waals surface area contributed by atoms with Gasteiger partial charge in [0.15, 0.2) is 0 Å². The summed E-state index contributed by atoms with van der Waals surface area (Å²) in [6.45, 7) is 12.1. The molecule has 0 bridgehead atoms. The lowest BCUT2D eigenvalue weighted by molar-refractivity contribution is -0.133. The van der Waals surface area contributed by atoms with Gasteiger partial charge in [-0.3, -0.25) is 19.4 Å². The SMILES string of the molecule is CC(=O)N1CCC(C(=O)N(CCCN2CC3CN(C(=O)c4c(C)ccnc4C)CC3C2)c2ccccc2)CC1. The zero-order valence-electron chi connectivity index (χ0n) is 23.5. The molecule has 1 aromatic carbocycles. The van der Waals surface area contributed by atoms with Crippen LogP contribution in [0, 0.1) is 31.6 Å². The topological polar surface area (TPSA) is 77.1 Å². The monoisotopic (exact) mass is 531 g/mol.